The van der Waals surface area contributed by atoms with Crippen LogP contribution in [-0.2, 0) is 0 Å². The Morgan fingerprint density at radius 1 is 0.875 bits per heavy atom. The van der Waals surface area contributed by atoms with Crippen molar-refractivity contribution in [2.75, 3.05) is 31.1 Å². The van der Waals surface area contributed by atoms with Gasteiger partial charge in [-0.1, -0.05) is 18.2 Å². The van der Waals surface area contributed by atoms with Gasteiger partial charge in [0.1, 0.15) is 0 Å². The van der Waals surface area contributed by atoms with Gasteiger partial charge in [0, 0.05) is 55.8 Å². The number of rotatable bonds is 2. The molecule has 0 aliphatic carbocycles. The van der Waals surface area contributed by atoms with Crippen LogP contribution in [0.2, 0.25) is 0 Å². The second-order valence-electron chi connectivity index (χ2n) is 5.87. The van der Waals surface area contributed by atoms with Crippen LogP contribution in [0.15, 0.2) is 61.1 Å². The second-order valence-corrected chi connectivity index (χ2v) is 5.87. The van der Waals surface area contributed by atoms with Gasteiger partial charge in [-0.2, -0.15) is 0 Å². The van der Waals surface area contributed by atoms with Gasteiger partial charge in [0.2, 0.25) is 0 Å². The maximum atomic E-state index is 12.9. The number of piperazine rings is 1. The fraction of sp³-hybridized carbons (Fsp3) is 0.211. The molecule has 0 unspecified atom stereocenters. The maximum absolute atomic E-state index is 12.9. The molecule has 0 spiro atoms. The Balaban J connectivity index is 1.52. The topological polar surface area (TPSA) is 49.3 Å². The van der Waals surface area contributed by atoms with Crippen LogP contribution >= 0.6 is 0 Å². The smallest absolute Gasteiger partial charge is 0.256 e. The number of carbonyl (C=O) groups excluding carboxylic acids is 1. The SMILES string of the molecule is O=C(c1cccc2cccnc12)N1CCN(c2ccncc2)CC1. The molecule has 1 aliphatic rings. The highest BCUT2D eigenvalue weighted by atomic mass is 16.2. The lowest BCUT2D eigenvalue weighted by molar-refractivity contribution is 0.0748. The van der Waals surface area contributed by atoms with E-state index in [0.29, 0.717) is 18.7 Å². The zero-order valence-corrected chi connectivity index (χ0v) is 13.3. The Labute approximate surface area is 140 Å². The number of para-hydroxylation sites is 1. The van der Waals surface area contributed by atoms with Gasteiger partial charge in [0.05, 0.1) is 11.1 Å². The predicted octanol–water partition coefficient (Wildman–Crippen LogP) is 2.59. The highest BCUT2D eigenvalue weighted by Crippen LogP contribution is 2.20. The molecule has 1 fully saturated rings. The fourth-order valence-corrected chi connectivity index (χ4v) is 3.17. The third-order valence-corrected chi connectivity index (χ3v) is 4.46. The summed E-state index contributed by atoms with van der Waals surface area (Å²) in [6.07, 6.45) is 5.34. The number of hydrogen-bond acceptors (Lipinski definition) is 4. The molecule has 0 bridgehead atoms. The molecular weight excluding hydrogens is 300 g/mol. The van der Waals surface area contributed by atoms with E-state index in [1.54, 1.807) is 18.6 Å². The van der Waals surface area contributed by atoms with E-state index in [9.17, 15) is 4.79 Å². The lowest BCUT2D eigenvalue weighted by Crippen LogP contribution is -2.48. The molecule has 3 aromatic rings. The van der Waals surface area contributed by atoms with Gasteiger partial charge in [-0.15, -0.1) is 0 Å². The molecule has 1 amide bonds. The molecule has 120 valence electrons. The average molecular weight is 318 g/mol. The third kappa shape index (κ3) is 2.69. The van der Waals surface area contributed by atoms with E-state index >= 15 is 0 Å². The van der Waals surface area contributed by atoms with E-state index in [-0.39, 0.29) is 5.91 Å². The number of amides is 1. The van der Waals surface area contributed by atoms with Crippen molar-refractivity contribution < 1.29 is 4.79 Å². The summed E-state index contributed by atoms with van der Waals surface area (Å²) < 4.78 is 0. The first-order valence-electron chi connectivity index (χ1n) is 8.11. The average Bonchev–Trinajstić information content (AvgIpc) is 2.68. The standard InChI is InChI=1S/C19H18N4O/c24-19(17-5-1-3-15-4-2-8-21-18(15)17)23-13-11-22(12-14-23)16-6-9-20-10-7-16/h1-10H,11-14H2. The van der Waals surface area contributed by atoms with Gasteiger partial charge in [0.25, 0.3) is 5.91 Å². The summed E-state index contributed by atoms with van der Waals surface area (Å²) in [7, 11) is 0. The van der Waals surface area contributed by atoms with Crippen molar-refractivity contribution in [2.24, 2.45) is 0 Å². The summed E-state index contributed by atoms with van der Waals surface area (Å²) >= 11 is 0. The van der Waals surface area contributed by atoms with Crippen LogP contribution in [0.5, 0.6) is 0 Å². The molecule has 4 rings (SSSR count). The summed E-state index contributed by atoms with van der Waals surface area (Å²) in [5, 5.41) is 0.999. The van der Waals surface area contributed by atoms with Crippen LogP contribution < -0.4 is 4.90 Å². The zero-order chi connectivity index (χ0) is 16.4. The van der Waals surface area contributed by atoms with Crippen LogP contribution in [0, 0.1) is 0 Å². The van der Waals surface area contributed by atoms with Crippen molar-refractivity contribution in [1.82, 2.24) is 14.9 Å². The van der Waals surface area contributed by atoms with Crippen molar-refractivity contribution >= 4 is 22.5 Å². The molecule has 0 atom stereocenters. The number of pyridine rings is 2. The van der Waals surface area contributed by atoms with Crippen molar-refractivity contribution in [3.05, 3.63) is 66.6 Å². The van der Waals surface area contributed by atoms with Crippen molar-refractivity contribution in [3.8, 4) is 0 Å². The first kappa shape index (κ1) is 14.6. The summed E-state index contributed by atoms with van der Waals surface area (Å²) in [5.41, 5.74) is 2.62. The quantitative estimate of drug-likeness (QED) is 0.729. The van der Waals surface area contributed by atoms with Crippen molar-refractivity contribution in [3.63, 3.8) is 0 Å². The van der Waals surface area contributed by atoms with Crippen molar-refractivity contribution in [2.45, 2.75) is 0 Å². The number of aromatic nitrogens is 2. The molecular formula is C19H18N4O. The summed E-state index contributed by atoms with van der Waals surface area (Å²) in [6, 6.07) is 13.7. The van der Waals surface area contributed by atoms with E-state index in [1.165, 1.54) is 0 Å². The molecule has 0 N–H and O–H groups in total. The lowest BCUT2D eigenvalue weighted by atomic mass is 10.1. The number of hydrogen-bond donors (Lipinski definition) is 0. The minimum atomic E-state index is 0.0636. The van der Waals surface area contributed by atoms with Crippen LogP contribution in [0.25, 0.3) is 10.9 Å². The van der Waals surface area contributed by atoms with Crippen LogP contribution in [0.3, 0.4) is 0 Å². The van der Waals surface area contributed by atoms with E-state index in [1.807, 2.05) is 47.4 Å². The largest absolute Gasteiger partial charge is 0.368 e. The van der Waals surface area contributed by atoms with Gasteiger partial charge in [-0.05, 0) is 24.3 Å². The summed E-state index contributed by atoms with van der Waals surface area (Å²) in [4.78, 5) is 25.6. The number of fused-ring (bicyclic) bond motifs is 1. The molecule has 3 heterocycles. The van der Waals surface area contributed by atoms with Gasteiger partial charge < -0.3 is 9.80 Å². The molecule has 5 nitrogen and oxygen atoms in total. The summed E-state index contributed by atoms with van der Waals surface area (Å²) in [6.45, 7) is 3.08. The molecule has 2 aromatic heterocycles. The molecule has 0 radical (unpaired) electrons. The number of anilines is 1. The molecule has 0 saturated carbocycles. The predicted molar refractivity (Wildman–Crippen MR) is 94.1 cm³/mol. The highest BCUT2D eigenvalue weighted by Gasteiger charge is 2.23. The minimum Gasteiger partial charge on any atom is -0.368 e. The van der Waals surface area contributed by atoms with Crippen LogP contribution in [0.1, 0.15) is 10.4 Å². The van der Waals surface area contributed by atoms with Gasteiger partial charge in [-0.3, -0.25) is 14.8 Å². The first-order valence-corrected chi connectivity index (χ1v) is 8.11. The first-order chi connectivity index (χ1) is 11.8. The van der Waals surface area contributed by atoms with E-state index in [2.05, 4.69) is 14.9 Å². The zero-order valence-electron chi connectivity index (χ0n) is 13.3. The highest BCUT2D eigenvalue weighted by molar-refractivity contribution is 6.05. The van der Waals surface area contributed by atoms with Crippen LogP contribution in [0.4, 0.5) is 5.69 Å². The monoisotopic (exact) mass is 318 g/mol. The van der Waals surface area contributed by atoms with E-state index in [4.69, 9.17) is 0 Å². The summed E-state index contributed by atoms with van der Waals surface area (Å²) in [5.74, 6) is 0.0636. The third-order valence-electron chi connectivity index (χ3n) is 4.46. The molecule has 1 aromatic carbocycles. The lowest BCUT2D eigenvalue weighted by Gasteiger charge is -2.36. The molecule has 24 heavy (non-hydrogen) atoms. The molecule has 5 heteroatoms. The fourth-order valence-electron chi connectivity index (χ4n) is 3.17. The number of nitrogens with zero attached hydrogens (tertiary/aromatic N) is 4. The Kier molecular flexibility index (Phi) is 3.83. The molecule has 1 saturated heterocycles. The maximum Gasteiger partial charge on any atom is 0.256 e. The molecule has 1 aliphatic heterocycles. The Morgan fingerprint density at radius 2 is 1.62 bits per heavy atom. The minimum absolute atomic E-state index is 0.0636. The van der Waals surface area contributed by atoms with Gasteiger partial charge in [-0.25, -0.2) is 0 Å². The van der Waals surface area contributed by atoms with Crippen molar-refractivity contribution in [1.29, 1.82) is 0 Å². The second kappa shape index (κ2) is 6.28. The number of carbonyl (C=O) groups is 1. The number of benzene rings is 1. The van der Waals surface area contributed by atoms with Crippen LogP contribution in [-0.4, -0.2) is 47.0 Å². The Morgan fingerprint density at radius 3 is 2.42 bits per heavy atom. The Hall–Kier alpha value is -2.95. The Bertz CT molecular complexity index is 852. The van der Waals surface area contributed by atoms with E-state index < -0.39 is 0 Å². The normalized spacial score (nSPS) is 14.8. The van der Waals surface area contributed by atoms with Gasteiger partial charge >= 0.3 is 0 Å². The van der Waals surface area contributed by atoms with Gasteiger partial charge in [0.15, 0.2) is 0 Å². The van der Waals surface area contributed by atoms with E-state index in [0.717, 1.165) is 29.7 Å².